The van der Waals surface area contributed by atoms with E-state index in [2.05, 4.69) is 4.90 Å². The lowest BCUT2D eigenvalue weighted by Crippen LogP contribution is -2.36. The number of rotatable bonds is 2. The summed E-state index contributed by atoms with van der Waals surface area (Å²) in [5, 5.41) is 18.9. The van der Waals surface area contributed by atoms with E-state index in [0.29, 0.717) is 5.56 Å². The van der Waals surface area contributed by atoms with Crippen molar-refractivity contribution in [3.8, 4) is 0 Å². The molecule has 0 radical (unpaired) electrons. The minimum absolute atomic E-state index is 0.224. The zero-order valence-corrected chi connectivity index (χ0v) is 10.2. The van der Waals surface area contributed by atoms with Gasteiger partial charge in [0.15, 0.2) is 0 Å². The first-order chi connectivity index (χ1) is 8.65. The Balaban J connectivity index is 1.80. The van der Waals surface area contributed by atoms with Gasteiger partial charge in [-0.25, -0.2) is 4.79 Å². The summed E-state index contributed by atoms with van der Waals surface area (Å²) in [5.74, 6) is -0.878. The topological polar surface area (TPSA) is 60.8 Å². The summed E-state index contributed by atoms with van der Waals surface area (Å²) < 4.78 is 0. The zero-order chi connectivity index (χ0) is 12.7. The van der Waals surface area contributed by atoms with Gasteiger partial charge in [0, 0.05) is 19.1 Å². The molecular weight excluding hydrogens is 230 g/mol. The second-order valence-corrected chi connectivity index (χ2v) is 5.26. The predicted octanol–water partition coefficient (Wildman–Crippen LogP) is 1.61. The molecule has 96 valence electrons. The molecular formula is C14H17NO3. The Bertz CT molecular complexity index is 486. The van der Waals surface area contributed by atoms with E-state index >= 15 is 0 Å². The molecule has 2 atom stereocenters. The van der Waals surface area contributed by atoms with Crippen LogP contribution in [0.4, 0.5) is 0 Å². The molecule has 0 bridgehead atoms. The fourth-order valence-corrected chi connectivity index (χ4v) is 3.14. The van der Waals surface area contributed by atoms with Gasteiger partial charge >= 0.3 is 5.97 Å². The average Bonchev–Trinajstić information content (AvgIpc) is 2.92. The number of hydrogen-bond acceptors (Lipinski definition) is 3. The molecule has 4 nitrogen and oxygen atoms in total. The molecule has 1 fully saturated rings. The number of hydrogen-bond donors (Lipinski definition) is 2. The number of benzene rings is 1. The summed E-state index contributed by atoms with van der Waals surface area (Å²) in [4.78, 5) is 13.2. The number of nitrogens with zero attached hydrogens (tertiary/aromatic N) is 1. The normalized spacial score (nSPS) is 27.4. The maximum absolute atomic E-state index is 10.9. The third-order valence-electron chi connectivity index (χ3n) is 4.11. The SMILES string of the molecule is O=C(O)c1ccc2c(c1)CN(C1CCCC1O)C2. The number of carbonyl (C=O) groups is 1. The molecule has 2 unspecified atom stereocenters. The number of aliphatic hydroxyl groups is 1. The van der Waals surface area contributed by atoms with Crippen molar-refractivity contribution in [2.24, 2.45) is 0 Å². The summed E-state index contributed by atoms with van der Waals surface area (Å²) >= 11 is 0. The number of carboxylic acid groups (broad SMARTS) is 1. The highest BCUT2D eigenvalue weighted by atomic mass is 16.4. The van der Waals surface area contributed by atoms with Gasteiger partial charge in [-0.2, -0.15) is 0 Å². The summed E-state index contributed by atoms with van der Waals surface area (Å²) in [7, 11) is 0. The van der Waals surface area contributed by atoms with Gasteiger partial charge < -0.3 is 10.2 Å². The van der Waals surface area contributed by atoms with Crippen molar-refractivity contribution in [2.75, 3.05) is 0 Å². The molecule has 1 aliphatic carbocycles. The van der Waals surface area contributed by atoms with E-state index in [4.69, 9.17) is 5.11 Å². The first-order valence-electron chi connectivity index (χ1n) is 6.42. The minimum atomic E-state index is -0.878. The Morgan fingerprint density at radius 2 is 2.00 bits per heavy atom. The van der Waals surface area contributed by atoms with E-state index in [-0.39, 0.29) is 12.1 Å². The van der Waals surface area contributed by atoms with Crippen molar-refractivity contribution in [3.05, 3.63) is 34.9 Å². The number of aromatic carboxylic acids is 1. The van der Waals surface area contributed by atoms with Gasteiger partial charge in [0.05, 0.1) is 11.7 Å². The van der Waals surface area contributed by atoms with Crippen LogP contribution >= 0.6 is 0 Å². The van der Waals surface area contributed by atoms with Crippen LogP contribution in [0.25, 0.3) is 0 Å². The zero-order valence-electron chi connectivity index (χ0n) is 10.2. The lowest BCUT2D eigenvalue weighted by Gasteiger charge is -2.26. The van der Waals surface area contributed by atoms with E-state index < -0.39 is 5.97 Å². The summed E-state index contributed by atoms with van der Waals surface area (Å²) in [5.41, 5.74) is 2.63. The second-order valence-electron chi connectivity index (χ2n) is 5.26. The van der Waals surface area contributed by atoms with Gasteiger partial charge in [0.25, 0.3) is 0 Å². The van der Waals surface area contributed by atoms with Crippen LogP contribution in [0.1, 0.15) is 40.7 Å². The van der Waals surface area contributed by atoms with E-state index in [1.807, 2.05) is 6.07 Å². The van der Waals surface area contributed by atoms with Gasteiger partial charge in [0.1, 0.15) is 0 Å². The summed E-state index contributed by atoms with van der Waals surface area (Å²) in [6.45, 7) is 1.59. The number of carboxylic acids is 1. The van der Waals surface area contributed by atoms with Crippen LogP contribution in [0.2, 0.25) is 0 Å². The number of fused-ring (bicyclic) bond motifs is 1. The van der Waals surface area contributed by atoms with E-state index in [0.717, 1.165) is 37.9 Å². The first kappa shape index (κ1) is 11.7. The summed E-state index contributed by atoms with van der Waals surface area (Å²) in [6, 6.07) is 5.57. The Morgan fingerprint density at radius 3 is 2.67 bits per heavy atom. The Morgan fingerprint density at radius 1 is 1.22 bits per heavy atom. The molecule has 4 heteroatoms. The molecule has 0 saturated heterocycles. The molecule has 1 saturated carbocycles. The molecule has 3 rings (SSSR count). The van der Waals surface area contributed by atoms with Crippen LogP contribution in [-0.2, 0) is 13.1 Å². The predicted molar refractivity (Wildman–Crippen MR) is 66.3 cm³/mol. The van der Waals surface area contributed by atoms with Crippen molar-refractivity contribution in [1.29, 1.82) is 0 Å². The van der Waals surface area contributed by atoms with Gasteiger partial charge in [-0.15, -0.1) is 0 Å². The Hall–Kier alpha value is -1.39. The van der Waals surface area contributed by atoms with Crippen molar-refractivity contribution in [2.45, 2.75) is 44.5 Å². The molecule has 1 heterocycles. The maximum atomic E-state index is 10.9. The number of aliphatic hydroxyl groups excluding tert-OH is 1. The van der Waals surface area contributed by atoms with E-state index in [9.17, 15) is 9.90 Å². The third kappa shape index (κ3) is 1.91. The van der Waals surface area contributed by atoms with Crippen LogP contribution in [0.5, 0.6) is 0 Å². The Kier molecular flexibility index (Phi) is 2.84. The molecule has 1 aliphatic heterocycles. The van der Waals surface area contributed by atoms with Crippen molar-refractivity contribution in [3.63, 3.8) is 0 Å². The maximum Gasteiger partial charge on any atom is 0.335 e. The fraction of sp³-hybridized carbons (Fsp3) is 0.500. The standard InChI is InChI=1S/C14H17NO3/c16-13-3-1-2-12(13)15-7-10-5-4-9(14(17)18)6-11(10)8-15/h4-6,12-13,16H,1-3,7-8H2,(H,17,18). The first-order valence-corrected chi connectivity index (χ1v) is 6.42. The van der Waals surface area contributed by atoms with E-state index in [1.165, 1.54) is 5.56 Å². The van der Waals surface area contributed by atoms with E-state index in [1.54, 1.807) is 12.1 Å². The van der Waals surface area contributed by atoms with Gasteiger partial charge in [0.2, 0.25) is 0 Å². The molecule has 0 spiro atoms. The van der Waals surface area contributed by atoms with Crippen LogP contribution < -0.4 is 0 Å². The molecule has 1 aromatic rings. The van der Waals surface area contributed by atoms with Crippen LogP contribution in [0.15, 0.2) is 18.2 Å². The van der Waals surface area contributed by atoms with Crippen molar-refractivity contribution < 1.29 is 15.0 Å². The van der Waals surface area contributed by atoms with Gasteiger partial charge in [-0.1, -0.05) is 6.07 Å². The molecule has 2 aliphatic rings. The second kappa shape index (κ2) is 4.37. The molecule has 0 aromatic heterocycles. The van der Waals surface area contributed by atoms with Crippen LogP contribution in [-0.4, -0.2) is 33.2 Å². The lowest BCUT2D eigenvalue weighted by molar-refractivity contribution is 0.0683. The Labute approximate surface area is 106 Å². The molecule has 18 heavy (non-hydrogen) atoms. The highest BCUT2D eigenvalue weighted by Gasteiger charge is 2.33. The van der Waals surface area contributed by atoms with Crippen LogP contribution in [0, 0.1) is 0 Å². The van der Waals surface area contributed by atoms with Crippen molar-refractivity contribution in [1.82, 2.24) is 4.90 Å². The largest absolute Gasteiger partial charge is 0.478 e. The minimum Gasteiger partial charge on any atom is -0.478 e. The quantitative estimate of drug-likeness (QED) is 0.833. The van der Waals surface area contributed by atoms with Gasteiger partial charge in [-0.3, -0.25) is 4.90 Å². The molecule has 2 N–H and O–H groups in total. The fourth-order valence-electron chi connectivity index (χ4n) is 3.14. The highest BCUT2D eigenvalue weighted by molar-refractivity contribution is 5.87. The van der Waals surface area contributed by atoms with Crippen molar-refractivity contribution >= 4 is 5.97 Å². The highest BCUT2D eigenvalue weighted by Crippen LogP contribution is 2.32. The van der Waals surface area contributed by atoms with Crippen LogP contribution in [0.3, 0.4) is 0 Å². The monoisotopic (exact) mass is 247 g/mol. The molecule has 0 amide bonds. The van der Waals surface area contributed by atoms with Gasteiger partial charge in [-0.05, 0) is 42.5 Å². The third-order valence-corrected chi connectivity index (χ3v) is 4.11. The average molecular weight is 247 g/mol. The smallest absolute Gasteiger partial charge is 0.335 e. The lowest BCUT2D eigenvalue weighted by atomic mass is 10.1. The molecule has 1 aromatic carbocycles. The summed E-state index contributed by atoms with van der Waals surface area (Å²) in [6.07, 6.45) is 2.79.